The van der Waals surface area contributed by atoms with Crippen molar-refractivity contribution in [2.75, 3.05) is 14.1 Å². The van der Waals surface area contributed by atoms with E-state index in [-0.39, 0.29) is 18.3 Å². The summed E-state index contributed by atoms with van der Waals surface area (Å²) in [4.78, 5) is 15.5. The molecule has 0 radical (unpaired) electrons. The first-order chi connectivity index (χ1) is 17.3. The Labute approximate surface area is 227 Å². The first kappa shape index (κ1) is 28.9. The maximum atomic E-state index is 13.2. The fraction of sp³-hybridized carbons (Fsp3) is 0.367. The van der Waals surface area contributed by atoms with Gasteiger partial charge in [0.25, 0.3) is 0 Å². The van der Waals surface area contributed by atoms with Crippen LogP contribution in [0.5, 0.6) is 0 Å². The quantitative estimate of drug-likeness (QED) is 0.299. The Hall–Kier alpha value is -2.67. The molecular formula is C30H38ClN3O2S. The van der Waals surface area contributed by atoms with Gasteiger partial charge in [-0.2, -0.15) is 0 Å². The van der Waals surface area contributed by atoms with E-state index < -0.39 is 15.8 Å². The molecule has 7 heteroatoms. The third kappa shape index (κ3) is 7.22. The summed E-state index contributed by atoms with van der Waals surface area (Å²) in [6, 6.07) is 17.3. The van der Waals surface area contributed by atoms with E-state index in [1.165, 1.54) is 0 Å². The van der Waals surface area contributed by atoms with E-state index in [4.69, 9.17) is 16.4 Å². The van der Waals surface area contributed by atoms with Gasteiger partial charge in [0.1, 0.15) is 0 Å². The molecule has 0 saturated heterocycles. The molecule has 0 bridgehead atoms. The first-order valence-corrected chi connectivity index (χ1v) is 14.5. The Balaban J connectivity index is 1.93. The molecule has 1 unspecified atom stereocenters. The maximum absolute atomic E-state index is 13.2. The summed E-state index contributed by atoms with van der Waals surface area (Å²) in [5.74, 6) is -0.0623. The standard InChI is InChI=1S/C30H38ClN3O2S/c1-19(2)26-15-24(23-10-13-29(31)21(5)14-23)16-27(20(3)4)28(26)17-30(35)33-37(32,36)25-11-8-22(9-12-25)18-34(6)7/h8-16,19-20H,17-18H2,1-7H3,(H2,32,33,35,36). The number of benzene rings is 3. The minimum absolute atomic E-state index is 0.0650. The SMILES string of the molecule is Cc1cc(-c2cc(C(C)C)c(CC(=O)NS(=N)(=O)c3ccc(CN(C)C)cc3)c(C(C)C)c2)ccc1Cl. The number of hydrogen-bond acceptors (Lipinski definition) is 4. The largest absolute Gasteiger partial charge is 0.305 e. The molecule has 2 N–H and O–H groups in total. The Kier molecular flexibility index (Phi) is 9.22. The fourth-order valence-electron chi connectivity index (χ4n) is 4.51. The first-order valence-electron chi connectivity index (χ1n) is 12.5. The molecule has 5 nitrogen and oxygen atoms in total. The topological polar surface area (TPSA) is 73.3 Å². The van der Waals surface area contributed by atoms with E-state index in [1.54, 1.807) is 12.1 Å². The van der Waals surface area contributed by atoms with Crippen LogP contribution in [0.1, 0.15) is 67.3 Å². The Morgan fingerprint density at radius 2 is 1.51 bits per heavy atom. The van der Waals surface area contributed by atoms with Crippen LogP contribution in [0.2, 0.25) is 5.02 Å². The summed E-state index contributed by atoms with van der Waals surface area (Å²) in [5.41, 5.74) is 7.32. The molecule has 0 aliphatic carbocycles. The summed E-state index contributed by atoms with van der Waals surface area (Å²) >= 11 is 6.25. The number of halogens is 1. The van der Waals surface area contributed by atoms with Crippen LogP contribution in [-0.2, 0) is 27.7 Å². The van der Waals surface area contributed by atoms with Crippen LogP contribution in [0, 0.1) is 11.7 Å². The monoisotopic (exact) mass is 539 g/mol. The van der Waals surface area contributed by atoms with Crippen molar-refractivity contribution in [3.05, 3.63) is 87.4 Å². The van der Waals surface area contributed by atoms with Gasteiger partial charge in [-0.25, -0.2) is 8.99 Å². The van der Waals surface area contributed by atoms with Gasteiger partial charge in [0.2, 0.25) is 5.91 Å². The summed E-state index contributed by atoms with van der Waals surface area (Å²) < 4.78 is 24.1. The molecular weight excluding hydrogens is 502 g/mol. The van der Waals surface area contributed by atoms with Gasteiger partial charge in [0, 0.05) is 11.6 Å². The average Bonchev–Trinajstić information content (AvgIpc) is 2.80. The van der Waals surface area contributed by atoms with Gasteiger partial charge in [-0.15, -0.1) is 0 Å². The maximum Gasteiger partial charge on any atom is 0.236 e. The molecule has 37 heavy (non-hydrogen) atoms. The molecule has 3 rings (SSSR count). The van der Waals surface area contributed by atoms with Gasteiger partial charge in [-0.05, 0) is 96.1 Å². The summed E-state index contributed by atoms with van der Waals surface area (Å²) in [5, 5.41) is 0.733. The second-order valence-electron chi connectivity index (χ2n) is 10.5. The smallest absolute Gasteiger partial charge is 0.236 e. The summed E-state index contributed by atoms with van der Waals surface area (Å²) in [7, 11) is 0.471. The third-order valence-electron chi connectivity index (χ3n) is 6.40. The van der Waals surface area contributed by atoms with Crippen LogP contribution in [0.3, 0.4) is 0 Å². The molecule has 3 aromatic rings. The van der Waals surface area contributed by atoms with Crippen molar-refractivity contribution in [2.45, 2.75) is 64.3 Å². The number of carbonyl (C=O) groups is 1. The molecule has 0 saturated carbocycles. The number of aryl methyl sites for hydroxylation is 1. The Morgan fingerprint density at radius 1 is 0.946 bits per heavy atom. The van der Waals surface area contributed by atoms with E-state index in [0.29, 0.717) is 4.90 Å². The molecule has 1 atom stereocenters. The van der Waals surface area contributed by atoms with Gasteiger partial charge in [-0.3, -0.25) is 9.52 Å². The van der Waals surface area contributed by atoms with Gasteiger partial charge in [0.05, 0.1) is 11.3 Å². The highest BCUT2D eigenvalue weighted by atomic mass is 35.5. The number of nitrogens with one attached hydrogen (secondary N) is 2. The van der Waals surface area contributed by atoms with Gasteiger partial charge < -0.3 is 4.90 Å². The minimum Gasteiger partial charge on any atom is -0.305 e. The second-order valence-corrected chi connectivity index (χ2v) is 12.7. The summed E-state index contributed by atoms with van der Waals surface area (Å²) in [6.07, 6.45) is 0.0650. The number of amides is 1. The van der Waals surface area contributed by atoms with Crippen molar-refractivity contribution in [2.24, 2.45) is 0 Å². The molecule has 198 valence electrons. The zero-order valence-corrected chi connectivity index (χ0v) is 24.4. The minimum atomic E-state index is -3.48. The highest BCUT2D eigenvalue weighted by molar-refractivity contribution is 7.91. The van der Waals surface area contributed by atoms with Gasteiger partial charge in [0.15, 0.2) is 9.92 Å². The lowest BCUT2D eigenvalue weighted by Crippen LogP contribution is -2.31. The lowest BCUT2D eigenvalue weighted by Gasteiger charge is -2.22. The average molecular weight is 540 g/mol. The molecule has 0 aliphatic rings. The molecule has 0 aliphatic heterocycles. The Morgan fingerprint density at radius 3 is 2.00 bits per heavy atom. The highest BCUT2D eigenvalue weighted by Gasteiger charge is 2.21. The van der Waals surface area contributed by atoms with Crippen molar-refractivity contribution in [3.63, 3.8) is 0 Å². The van der Waals surface area contributed by atoms with Crippen LogP contribution in [0.25, 0.3) is 11.1 Å². The van der Waals surface area contributed by atoms with Crippen LogP contribution >= 0.6 is 11.6 Å². The molecule has 0 fully saturated rings. The van der Waals surface area contributed by atoms with Crippen molar-refractivity contribution in [3.8, 4) is 11.1 Å². The lowest BCUT2D eigenvalue weighted by atomic mass is 9.84. The number of nitrogens with zero attached hydrogens (tertiary/aromatic N) is 1. The van der Waals surface area contributed by atoms with Crippen molar-refractivity contribution in [1.82, 2.24) is 9.62 Å². The zero-order valence-electron chi connectivity index (χ0n) is 22.8. The van der Waals surface area contributed by atoms with Gasteiger partial charge >= 0.3 is 0 Å². The molecule has 0 aromatic heterocycles. The molecule has 1 amide bonds. The predicted octanol–water partition coefficient (Wildman–Crippen LogP) is 7.30. The van der Waals surface area contributed by atoms with Crippen molar-refractivity contribution >= 4 is 27.4 Å². The van der Waals surface area contributed by atoms with E-state index in [9.17, 15) is 9.00 Å². The Bertz CT molecular complexity index is 1350. The van der Waals surface area contributed by atoms with Crippen LogP contribution < -0.4 is 4.72 Å². The number of hydrogen-bond donors (Lipinski definition) is 2. The molecule has 0 heterocycles. The van der Waals surface area contributed by atoms with E-state index in [1.807, 2.05) is 50.2 Å². The lowest BCUT2D eigenvalue weighted by molar-refractivity contribution is -0.118. The van der Waals surface area contributed by atoms with Crippen LogP contribution in [-0.4, -0.2) is 29.1 Å². The van der Waals surface area contributed by atoms with Crippen LogP contribution in [0.4, 0.5) is 0 Å². The van der Waals surface area contributed by atoms with E-state index in [0.717, 1.165) is 50.5 Å². The number of rotatable bonds is 9. The molecule has 0 spiro atoms. The van der Waals surface area contributed by atoms with E-state index >= 15 is 0 Å². The van der Waals surface area contributed by atoms with Crippen LogP contribution in [0.15, 0.2) is 59.5 Å². The molecule has 3 aromatic carbocycles. The summed E-state index contributed by atoms with van der Waals surface area (Å²) in [6.45, 7) is 11.2. The van der Waals surface area contributed by atoms with Gasteiger partial charge in [-0.1, -0.05) is 69.6 Å². The normalized spacial score (nSPS) is 13.3. The van der Waals surface area contributed by atoms with Crippen molar-refractivity contribution in [1.29, 1.82) is 4.78 Å². The van der Waals surface area contributed by atoms with E-state index in [2.05, 4.69) is 50.6 Å². The highest BCUT2D eigenvalue weighted by Crippen LogP contribution is 2.35. The predicted molar refractivity (Wildman–Crippen MR) is 155 cm³/mol. The third-order valence-corrected chi connectivity index (χ3v) is 8.28. The van der Waals surface area contributed by atoms with Crippen molar-refractivity contribution < 1.29 is 9.00 Å². The fourth-order valence-corrected chi connectivity index (χ4v) is 5.66. The second kappa shape index (κ2) is 11.8. The number of carbonyl (C=O) groups excluding carboxylic acids is 1. The zero-order chi connectivity index (χ0) is 27.5.